The lowest BCUT2D eigenvalue weighted by Gasteiger charge is -2.19. The quantitative estimate of drug-likeness (QED) is 0.849. The highest BCUT2D eigenvalue weighted by Gasteiger charge is 2.14. The van der Waals surface area contributed by atoms with Crippen LogP contribution in [0, 0.1) is 12.8 Å². The van der Waals surface area contributed by atoms with Crippen LogP contribution >= 0.6 is 31.9 Å². The highest BCUT2D eigenvalue weighted by molar-refractivity contribution is 9.11. The van der Waals surface area contributed by atoms with Gasteiger partial charge in [0.25, 0.3) is 0 Å². The van der Waals surface area contributed by atoms with Crippen molar-refractivity contribution < 1.29 is 9.90 Å². The maximum Gasteiger partial charge on any atom is 0.307 e. The first kappa shape index (κ1) is 15.7. The van der Waals surface area contributed by atoms with E-state index in [0.717, 1.165) is 21.1 Å². The number of hydrogen-bond acceptors (Lipinski definition) is 2. The maximum absolute atomic E-state index is 10.8. The fourth-order valence-corrected chi connectivity index (χ4v) is 2.99. The third kappa shape index (κ3) is 4.37. The van der Waals surface area contributed by atoms with Gasteiger partial charge in [-0.2, -0.15) is 0 Å². The highest BCUT2D eigenvalue weighted by Crippen LogP contribution is 2.26. The molecule has 0 aliphatic carbocycles. The topological polar surface area (TPSA) is 40.5 Å². The fourth-order valence-electron chi connectivity index (χ4n) is 1.71. The van der Waals surface area contributed by atoms with E-state index in [2.05, 4.69) is 44.0 Å². The smallest absolute Gasteiger partial charge is 0.307 e. The van der Waals surface area contributed by atoms with E-state index in [0.29, 0.717) is 6.54 Å². The number of halogens is 2. The number of hydrogen-bond donors (Lipinski definition) is 1. The molecule has 0 aliphatic heterocycles. The molecule has 1 atom stereocenters. The van der Waals surface area contributed by atoms with Gasteiger partial charge in [0.2, 0.25) is 0 Å². The molecule has 0 spiro atoms. The Bertz CT molecular complexity index is 426. The van der Waals surface area contributed by atoms with Crippen molar-refractivity contribution in [3.8, 4) is 0 Å². The second-order valence-electron chi connectivity index (χ2n) is 4.62. The molecule has 0 bridgehead atoms. The van der Waals surface area contributed by atoms with Crippen molar-refractivity contribution in [1.29, 1.82) is 0 Å². The molecule has 0 amide bonds. The number of carbonyl (C=O) groups is 1. The normalized spacial score (nSPS) is 12.8. The standard InChI is InChI=1S/C13H17Br2NO2/c1-8(13(17)18)6-16(3)7-10-4-11(14)9(2)12(15)5-10/h4-5,8H,6-7H2,1-3H3,(H,17,18). The van der Waals surface area contributed by atoms with Gasteiger partial charge in [0, 0.05) is 22.0 Å². The average Bonchev–Trinajstić information content (AvgIpc) is 2.25. The average molecular weight is 379 g/mol. The number of carboxylic acid groups (broad SMARTS) is 1. The zero-order valence-electron chi connectivity index (χ0n) is 10.7. The van der Waals surface area contributed by atoms with Gasteiger partial charge >= 0.3 is 5.97 Å². The van der Waals surface area contributed by atoms with E-state index >= 15 is 0 Å². The monoisotopic (exact) mass is 377 g/mol. The van der Waals surface area contributed by atoms with Crippen LogP contribution in [0.3, 0.4) is 0 Å². The van der Waals surface area contributed by atoms with E-state index in [-0.39, 0.29) is 5.92 Å². The van der Waals surface area contributed by atoms with Crippen LogP contribution < -0.4 is 0 Å². The van der Waals surface area contributed by atoms with Gasteiger partial charge in [0.15, 0.2) is 0 Å². The number of aliphatic carboxylic acids is 1. The minimum absolute atomic E-state index is 0.354. The zero-order chi connectivity index (χ0) is 13.9. The Morgan fingerprint density at radius 3 is 2.33 bits per heavy atom. The van der Waals surface area contributed by atoms with Crippen molar-refractivity contribution in [2.45, 2.75) is 20.4 Å². The van der Waals surface area contributed by atoms with E-state index in [9.17, 15) is 4.79 Å². The van der Waals surface area contributed by atoms with Gasteiger partial charge in [-0.1, -0.05) is 38.8 Å². The first-order chi connectivity index (χ1) is 8.31. The van der Waals surface area contributed by atoms with Gasteiger partial charge < -0.3 is 10.0 Å². The highest BCUT2D eigenvalue weighted by atomic mass is 79.9. The SMILES string of the molecule is Cc1c(Br)cc(CN(C)CC(C)C(=O)O)cc1Br. The Morgan fingerprint density at radius 2 is 1.89 bits per heavy atom. The summed E-state index contributed by atoms with van der Waals surface area (Å²) in [4.78, 5) is 12.8. The Labute approximate surface area is 124 Å². The summed E-state index contributed by atoms with van der Waals surface area (Å²) in [6.07, 6.45) is 0. The van der Waals surface area contributed by atoms with E-state index in [1.807, 2.05) is 18.9 Å². The van der Waals surface area contributed by atoms with Crippen molar-refractivity contribution >= 4 is 37.8 Å². The molecule has 0 heterocycles. The molecule has 0 aliphatic rings. The molecule has 5 heteroatoms. The molecule has 0 saturated heterocycles. The molecular weight excluding hydrogens is 362 g/mol. The Balaban J connectivity index is 2.70. The molecular formula is C13H17Br2NO2. The first-order valence-corrected chi connectivity index (χ1v) is 7.25. The minimum atomic E-state index is -0.756. The van der Waals surface area contributed by atoms with Crippen LogP contribution in [0.15, 0.2) is 21.1 Å². The molecule has 0 fully saturated rings. The molecule has 1 unspecified atom stereocenters. The van der Waals surface area contributed by atoms with Gasteiger partial charge in [0.1, 0.15) is 0 Å². The summed E-state index contributed by atoms with van der Waals surface area (Å²) in [7, 11) is 1.93. The minimum Gasteiger partial charge on any atom is -0.481 e. The maximum atomic E-state index is 10.8. The summed E-state index contributed by atoms with van der Waals surface area (Å²) in [6.45, 7) is 5.03. The summed E-state index contributed by atoms with van der Waals surface area (Å²) in [5, 5.41) is 8.88. The Kier molecular flexibility index (Phi) is 5.82. The predicted molar refractivity (Wildman–Crippen MR) is 79.7 cm³/mol. The summed E-state index contributed by atoms with van der Waals surface area (Å²) in [5.41, 5.74) is 2.32. The molecule has 1 aromatic rings. The van der Waals surface area contributed by atoms with Crippen LogP contribution in [0.25, 0.3) is 0 Å². The summed E-state index contributed by atoms with van der Waals surface area (Å²) >= 11 is 7.04. The number of carboxylic acids is 1. The van der Waals surface area contributed by atoms with E-state index < -0.39 is 5.97 Å². The Morgan fingerprint density at radius 1 is 1.39 bits per heavy atom. The Hall–Kier alpha value is -0.390. The van der Waals surface area contributed by atoms with Crippen LogP contribution in [-0.2, 0) is 11.3 Å². The number of rotatable bonds is 5. The van der Waals surface area contributed by atoms with Crippen LogP contribution in [0.2, 0.25) is 0 Å². The predicted octanol–water partition coefficient (Wildman–Crippen LogP) is 3.67. The van der Waals surface area contributed by atoms with Crippen molar-refractivity contribution in [2.24, 2.45) is 5.92 Å². The second-order valence-corrected chi connectivity index (χ2v) is 6.33. The van der Waals surface area contributed by atoms with E-state index in [1.54, 1.807) is 6.92 Å². The van der Waals surface area contributed by atoms with Gasteiger partial charge in [0.05, 0.1) is 5.92 Å². The van der Waals surface area contributed by atoms with Crippen molar-refractivity contribution in [1.82, 2.24) is 4.90 Å². The molecule has 0 saturated carbocycles. The van der Waals surface area contributed by atoms with Crippen LogP contribution in [0.1, 0.15) is 18.1 Å². The van der Waals surface area contributed by atoms with Gasteiger partial charge in [-0.05, 0) is 37.2 Å². The van der Waals surface area contributed by atoms with E-state index in [1.165, 1.54) is 5.56 Å². The van der Waals surface area contributed by atoms with E-state index in [4.69, 9.17) is 5.11 Å². The summed E-state index contributed by atoms with van der Waals surface area (Å²) in [5.74, 6) is -1.11. The molecule has 18 heavy (non-hydrogen) atoms. The third-order valence-corrected chi connectivity index (χ3v) is 4.45. The largest absolute Gasteiger partial charge is 0.481 e. The van der Waals surface area contributed by atoms with Crippen LogP contribution in [-0.4, -0.2) is 29.6 Å². The first-order valence-electron chi connectivity index (χ1n) is 5.67. The van der Waals surface area contributed by atoms with Crippen molar-refractivity contribution in [3.63, 3.8) is 0 Å². The van der Waals surface area contributed by atoms with Crippen LogP contribution in [0.5, 0.6) is 0 Å². The molecule has 0 aromatic heterocycles. The van der Waals surface area contributed by atoms with Gasteiger partial charge in [-0.25, -0.2) is 0 Å². The third-order valence-electron chi connectivity index (χ3n) is 2.80. The molecule has 100 valence electrons. The lowest BCUT2D eigenvalue weighted by molar-refractivity contribution is -0.141. The second kappa shape index (κ2) is 6.68. The molecule has 1 N–H and O–H groups in total. The number of nitrogens with zero attached hydrogens (tertiary/aromatic N) is 1. The van der Waals surface area contributed by atoms with Gasteiger partial charge in [-0.3, -0.25) is 4.79 Å². The lowest BCUT2D eigenvalue weighted by Crippen LogP contribution is -2.28. The lowest BCUT2D eigenvalue weighted by atomic mass is 10.1. The fraction of sp³-hybridized carbons (Fsp3) is 0.462. The van der Waals surface area contributed by atoms with Crippen LogP contribution in [0.4, 0.5) is 0 Å². The summed E-state index contributed by atoms with van der Waals surface area (Å²) < 4.78 is 2.12. The molecule has 1 rings (SSSR count). The van der Waals surface area contributed by atoms with Crippen molar-refractivity contribution in [2.75, 3.05) is 13.6 Å². The summed E-state index contributed by atoms with van der Waals surface area (Å²) in [6, 6.07) is 4.14. The molecule has 1 aromatic carbocycles. The molecule has 3 nitrogen and oxygen atoms in total. The van der Waals surface area contributed by atoms with Gasteiger partial charge in [-0.15, -0.1) is 0 Å². The van der Waals surface area contributed by atoms with Crippen molar-refractivity contribution in [3.05, 3.63) is 32.2 Å². The number of benzene rings is 1. The molecule has 0 radical (unpaired) electrons. The zero-order valence-corrected chi connectivity index (χ0v) is 13.9.